The number of hydrogen-bond donors (Lipinski definition) is 2. The Kier molecular flexibility index (Phi) is 7.94. The second kappa shape index (κ2) is 9.23. The first-order valence-corrected chi connectivity index (χ1v) is 8.56. The topological polar surface area (TPSA) is 66.4 Å². The summed E-state index contributed by atoms with van der Waals surface area (Å²) in [6.07, 6.45) is 10.1. The Balaban J connectivity index is 2.46. The summed E-state index contributed by atoms with van der Waals surface area (Å²) in [6, 6.07) is -0.731. The lowest BCUT2D eigenvalue weighted by Crippen LogP contribution is -2.44. The monoisotopic (exact) mass is 287 g/mol. The predicted octanol–water partition coefficient (Wildman–Crippen LogP) is 2.67. The molecule has 0 unspecified atom stereocenters. The molecular weight excluding hydrogens is 262 g/mol. The van der Waals surface area contributed by atoms with Gasteiger partial charge in [-0.3, -0.25) is 4.79 Å². The smallest absolute Gasteiger partial charge is 0.326 e. The number of carbonyl (C=O) groups is 2. The Hall–Kier alpha value is -0.710. The van der Waals surface area contributed by atoms with Crippen molar-refractivity contribution in [3.63, 3.8) is 0 Å². The number of hydrogen-bond acceptors (Lipinski definition) is 3. The summed E-state index contributed by atoms with van der Waals surface area (Å²) < 4.78 is 0. The highest BCUT2D eigenvalue weighted by atomic mass is 32.2. The molecule has 2 N–H and O–H groups in total. The van der Waals surface area contributed by atoms with Gasteiger partial charge in [0, 0.05) is 5.92 Å². The molecule has 1 aliphatic rings. The fourth-order valence-corrected chi connectivity index (χ4v) is 2.97. The van der Waals surface area contributed by atoms with Gasteiger partial charge in [-0.2, -0.15) is 11.8 Å². The SMILES string of the molecule is CSCC[C@H](NC(=O)C1CCCCCCC1)C(=O)O. The number of nitrogens with one attached hydrogen (secondary N) is 1. The van der Waals surface area contributed by atoms with Crippen molar-refractivity contribution in [2.24, 2.45) is 5.92 Å². The molecule has 110 valence electrons. The van der Waals surface area contributed by atoms with E-state index in [1.165, 1.54) is 19.3 Å². The van der Waals surface area contributed by atoms with Crippen LogP contribution in [0, 0.1) is 5.92 Å². The molecular formula is C14H25NO3S. The van der Waals surface area contributed by atoms with Gasteiger partial charge < -0.3 is 10.4 Å². The van der Waals surface area contributed by atoms with Crippen LogP contribution in [0.4, 0.5) is 0 Å². The number of carboxylic acids is 1. The van der Waals surface area contributed by atoms with Crippen molar-refractivity contribution >= 4 is 23.6 Å². The van der Waals surface area contributed by atoms with Crippen LogP contribution in [-0.2, 0) is 9.59 Å². The Morgan fingerprint density at radius 1 is 1.21 bits per heavy atom. The zero-order valence-electron chi connectivity index (χ0n) is 11.7. The largest absolute Gasteiger partial charge is 0.480 e. The Bertz CT molecular complexity index is 288. The van der Waals surface area contributed by atoms with Crippen molar-refractivity contribution in [2.45, 2.75) is 57.4 Å². The number of carbonyl (C=O) groups excluding carboxylic acids is 1. The van der Waals surface area contributed by atoms with Crippen LogP contribution in [-0.4, -0.2) is 35.0 Å². The highest BCUT2D eigenvalue weighted by Crippen LogP contribution is 2.22. The highest BCUT2D eigenvalue weighted by molar-refractivity contribution is 7.98. The fourth-order valence-electron chi connectivity index (χ4n) is 2.50. The average molecular weight is 287 g/mol. The Morgan fingerprint density at radius 3 is 2.32 bits per heavy atom. The average Bonchev–Trinajstić information content (AvgIpc) is 2.33. The minimum absolute atomic E-state index is 0.0106. The van der Waals surface area contributed by atoms with E-state index in [0.717, 1.165) is 31.4 Å². The maximum atomic E-state index is 12.2. The predicted molar refractivity (Wildman–Crippen MR) is 78.4 cm³/mol. The highest BCUT2D eigenvalue weighted by Gasteiger charge is 2.25. The molecule has 19 heavy (non-hydrogen) atoms. The van der Waals surface area contributed by atoms with Gasteiger partial charge in [-0.05, 0) is 31.3 Å². The van der Waals surface area contributed by atoms with Crippen LogP contribution in [0.15, 0.2) is 0 Å². The Morgan fingerprint density at radius 2 is 1.79 bits per heavy atom. The molecule has 0 aromatic rings. The zero-order valence-corrected chi connectivity index (χ0v) is 12.5. The molecule has 0 heterocycles. The number of carboxylic acid groups (broad SMARTS) is 1. The molecule has 5 heteroatoms. The van der Waals surface area contributed by atoms with Gasteiger partial charge in [0.05, 0.1) is 0 Å². The molecule has 0 aliphatic heterocycles. The van der Waals surface area contributed by atoms with Crippen LogP contribution in [0.25, 0.3) is 0 Å². The van der Waals surface area contributed by atoms with Crippen molar-refractivity contribution in [2.75, 3.05) is 12.0 Å². The quantitative estimate of drug-likeness (QED) is 0.788. The number of aliphatic carboxylic acids is 1. The molecule has 0 bridgehead atoms. The van der Waals surface area contributed by atoms with Crippen LogP contribution in [0.3, 0.4) is 0 Å². The molecule has 1 aliphatic carbocycles. The van der Waals surface area contributed by atoms with E-state index in [2.05, 4.69) is 5.32 Å². The second-order valence-electron chi connectivity index (χ2n) is 5.22. The molecule has 1 atom stereocenters. The minimum atomic E-state index is -0.923. The van der Waals surface area contributed by atoms with Gasteiger partial charge in [0.15, 0.2) is 0 Å². The van der Waals surface area contributed by atoms with Crippen LogP contribution in [0.1, 0.15) is 51.4 Å². The normalized spacial score (nSPS) is 19.2. The standard InChI is InChI=1S/C14H25NO3S/c1-19-10-9-12(14(17)18)15-13(16)11-7-5-3-2-4-6-8-11/h11-12H,2-10H2,1H3,(H,15,16)(H,17,18)/t12-/m0/s1. The van der Waals surface area contributed by atoms with Crippen LogP contribution < -0.4 is 5.32 Å². The first-order valence-electron chi connectivity index (χ1n) is 7.17. The maximum Gasteiger partial charge on any atom is 0.326 e. The van der Waals surface area contributed by atoms with Crippen molar-refractivity contribution in [3.05, 3.63) is 0 Å². The van der Waals surface area contributed by atoms with Gasteiger partial charge in [0.2, 0.25) is 5.91 Å². The van der Waals surface area contributed by atoms with E-state index in [4.69, 9.17) is 5.11 Å². The van der Waals surface area contributed by atoms with E-state index in [1.807, 2.05) is 6.26 Å². The maximum absolute atomic E-state index is 12.2. The van der Waals surface area contributed by atoms with E-state index >= 15 is 0 Å². The van der Waals surface area contributed by atoms with Gasteiger partial charge in [-0.1, -0.05) is 32.1 Å². The second-order valence-corrected chi connectivity index (χ2v) is 6.21. The van der Waals surface area contributed by atoms with E-state index in [9.17, 15) is 9.59 Å². The zero-order chi connectivity index (χ0) is 14.1. The minimum Gasteiger partial charge on any atom is -0.480 e. The van der Waals surface area contributed by atoms with Crippen molar-refractivity contribution in [3.8, 4) is 0 Å². The summed E-state index contributed by atoms with van der Waals surface area (Å²) in [5, 5.41) is 11.8. The Labute approximate surface area is 119 Å². The van der Waals surface area contributed by atoms with E-state index in [-0.39, 0.29) is 11.8 Å². The number of amides is 1. The summed E-state index contributed by atoms with van der Waals surface area (Å²) in [5.41, 5.74) is 0. The third-order valence-corrected chi connectivity index (χ3v) is 4.35. The van der Waals surface area contributed by atoms with Crippen molar-refractivity contribution < 1.29 is 14.7 Å². The van der Waals surface area contributed by atoms with Gasteiger partial charge in [-0.15, -0.1) is 0 Å². The van der Waals surface area contributed by atoms with Gasteiger partial charge in [0.25, 0.3) is 0 Å². The summed E-state index contributed by atoms with van der Waals surface area (Å²) in [6.45, 7) is 0. The fraction of sp³-hybridized carbons (Fsp3) is 0.857. The third-order valence-electron chi connectivity index (χ3n) is 3.70. The first-order chi connectivity index (χ1) is 9.15. The number of rotatable bonds is 6. The van der Waals surface area contributed by atoms with E-state index < -0.39 is 12.0 Å². The van der Waals surface area contributed by atoms with Crippen molar-refractivity contribution in [1.82, 2.24) is 5.32 Å². The molecule has 1 fully saturated rings. The molecule has 0 saturated heterocycles. The van der Waals surface area contributed by atoms with Crippen LogP contribution >= 0.6 is 11.8 Å². The van der Waals surface area contributed by atoms with Crippen molar-refractivity contribution in [1.29, 1.82) is 0 Å². The third kappa shape index (κ3) is 6.32. The van der Waals surface area contributed by atoms with Crippen LogP contribution in [0.2, 0.25) is 0 Å². The summed E-state index contributed by atoms with van der Waals surface area (Å²) >= 11 is 1.60. The molecule has 1 saturated carbocycles. The lowest BCUT2D eigenvalue weighted by atomic mass is 9.90. The molecule has 1 amide bonds. The molecule has 0 aromatic carbocycles. The molecule has 0 spiro atoms. The summed E-state index contributed by atoms with van der Waals surface area (Å²) in [5.74, 6) is -0.220. The van der Waals surface area contributed by atoms with E-state index in [1.54, 1.807) is 11.8 Å². The molecule has 0 aromatic heterocycles. The lowest BCUT2D eigenvalue weighted by molar-refractivity contribution is -0.142. The summed E-state index contributed by atoms with van der Waals surface area (Å²) in [4.78, 5) is 23.3. The van der Waals surface area contributed by atoms with E-state index in [0.29, 0.717) is 6.42 Å². The molecule has 1 rings (SSSR count). The number of thioether (sulfide) groups is 1. The van der Waals surface area contributed by atoms with Gasteiger partial charge >= 0.3 is 5.97 Å². The van der Waals surface area contributed by atoms with Crippen LogP contribution in [0.5, 0.6) is 0 Å². The summed E-state index contributed by atoms with van der Waals surface area (Å²) in [7, 11) is 0. The first kappa shape index (κ1) is 16.3. The molecule has 4 nitrogen and oxygen atoms in total. The van der Waals surface area contributed by atoms with Gasteiger partial charge in [-0.25, -0.2) is 4.79 Å². The molecule has 0 radical (unpaired) electrons. The lowest BCUT2D eigenvalue weighted by Gasteiger charge is -2.21. The van der Waals surface area contributed by atoms with Gasteiger partial charge in [0.1, 0.15) is 6.04 Å².